The van der Waals surface area contributed by atoms with Gasteiger partial charge in [0.1, 0.15) is 0 Å². The van der Waals surface area contributed by atoms with Crippen molar-refractivity contribution in [1.29, 1.82) is 0 Å². The molecule has 3 nitrogen and oxygen atoms in total. The van der Waals surface area contributed by atoms with Gasteiger partial charge in [-0.3, -0.25) is 4.79 Å². The maximum atomic E-state index is 12.1. The van der Waals surface area contributed by atoms with E-state index < -0.39 is 0 Å². The molecule has 2 N–H and O–H groups in total. The van der Waals surface area contributed by atoms with Crippen molar-refractivity contribution in [3.8, 4) is 0 Å². The second-order valence-electron chi connectivity index (χ2n) is 3.56. The van der Waals surface area contributed by atoms with Crippen molar-refractivity contribution in [2.75, 3.05) is 17.7 Å². The number of amides is 1. The molecule has 1 heterocycles. The van der Waals surface area contributed by atoms with Crippen molar-refractivity contribution in [3.05, 3.63) is 45.6 Å². The topological polar surface area (TPSA) is 46.3 Å². The Morgan fingerprint density at radius 3 is 2.71 bits per heavy atom. The molecule has 0 spiro atoms. The maximum Gasteiger partial charge on any atom is 0.268 e. The second-order valence-corrected chi connectivity index (χ2v) is 5.28. The summed E-state index contributed by atoms with van der Waals surface area (Å²) in [5.41, 5.74) is 7.08. The molecule has 0 saturated carbocycles. The first-order chi connectivity index (χ1) is 8.08. The van der Waals surface area contributed by atoms with E-state index in [9.17, 15) is 4.79 Å². The molecule has 88 valence electrons. The Kier molecular flexibility index (Phi) is 3.36. The summed E-state index contributed by atoms with van der Waals surface area (Å²) in [5, 5.41) is 0. The summed E-state index contributed by atoms with van der Waals surface area (Å²) < 4.78 is 0.606. The predicted molar refractivity (Wildman–Crippen MR) is 72.9 cm³/mol. The molecule has 1 aromatic heterocycles. The molecule has 0 aliphatic heterocycles. The van der Waals surface area contributed by atoms with Gasteiger partial charge < -0.3 is 10.6 Å². The number of carbonyl (C=O) groups excluding carboxylic acids is 1. The lowest BCUT2D eigenvalue weighted by atomic mass is 10.2. The van der Waals surface area contributed by atoms with Gasteiger partial charge in [-0.05, 0) is 30.3 Å². The first-order valence-corrected chi connectivity index (χ1v) is 6.16. The highest BCUT2D eigenvalue weighted by molar-refractivity contribution is 7.18. The van der Waals surface area contributed by atoms with Gasteiger partial charge in [-0.25, -0.2) is 0 Å². The van der Waals surface area contributed by atoms with E-state index in [1.165, 1.54) is 11.3 Å². The van der Waals surface area contributed by atoms with Gasteiger partial charge in [0.15, 0.2) is 0 Å². The van der Waals surface area contributed by atoms with Crippen LogP contribution in [0.4, 0.5) is 11.4 Å². The SMILES string of the molecule is CN(C(=O)c1ccc(Cl)s1)c1cccc(N)c1. The Morgan fingerprint density at radius 1 is 1.35 bits per heavy atom. The number of nitrogens with zero attached hydrogens (tertiary/aromatic N) is 1. The normalized spacial score (nSPS) is 10.2. The van der Waals surface area contributed by atoms with Crippen LogP contribution in [0.15, 0.2) is 36.4 Å². The smallest absolute Gasteiger partial charge is 0.268 e. The zero-order valence-electron chi connectivity index (χ0n) is 9.18. The summed E-state index contributed by atoms with van der Waals surface area (Å²) >= 11 is 7.07. The molecule has 5 heteroatoms. The number of halogens is 1. The molecule has 0 aliphatic rings. The van der Waals surface area contributed by atoms with E-state index in [-0.39, 0.29) is 5.91 Å². The minimum atomic E-state index is -0.0903. The van der Waals surface area contributed by atoms with Gasteiger partial charge in [0.2, 0.25) is 0 Å². The van der Waals surface area contributed by atoms with Crippen LogP contribution in [-0.4, -0.2) is 13.0 Å². The Bertz CT molecular complexity index is 553. The van der Waals surface area contributed by atoms with E-state index in [4.69, 9.17) is 17.3 Å². The highest BCUT2D eigenvalue weighted by atomic mass is 35.5. The number of carbonyl (C=O) groups is 1. The molecular weight excluding hydrogens is 256 g/mol. The number of anilines is 2. The molecular formula is C12H11ClN2OS. The van der Waals surface area contributed by atoms with Crippen LogP contribution in [0.1, 0.15) is 9.67 Å². The summed E-state index contributed by atoms with van der Waals surface area (Å²) in [6.07, 6.45) is 0. The third-order valence-electron chi connectivity index (χ3n) is 2.35. The fraction of sp³-hybridized carbons (Fsp3) is 0.0833. The number of hydrogen-bond acceptors (Lipinski definition) is 3. The molecule has 1 aromatic carbocycles. The van der Waals surface area contributed by atoms with Crippen molar-refractivity contribution < 1.29 is 4.79 Å². The first-order valence-electron chi connectivity index (χ1n) is 4.97. The van der Waals surface area contributed by atoms with Crippen LogP contribution < -0.4 is 10.6 Å². The van der Waals surface area contributed by atoms with Gasteiger partial charge in [-0.15, -0.1) is 11.3 Å². The van der Waals surface area contributed by atoms with Gasteiger partial charge in [-0.2, -0.15) is 0 Å². The van der Waals surface area contributed by atoms with Crippen LogP contribution >= 0.6 is 22.9 Å². The lowest BCUT2D eigenvalue weighted by Crippen LogP contribution is -2.25. The molecule has 2 rings (SSSR count). The summed E-state index contributed by atoms with van der Waals surface area (Å²) in [7, 11) is 1.71. The van der Waals surface area contributed by atoms with E-state index in [2.05, 4.69) is 0 Å². The lowest BCUT2D eigenvalue weighted by Gasteiger charge is -2.16. The number of thiophene rings is 1. The van der Waals surface area contributed by atoms with Crippen molar-refractivity contribution in [1.82, 2.24) is 0 Å². The fourth-order valence-electron chi connectivity index (χ4n) is 1.45. The Hall–Kier alpha value is -1.52. The molecule has 2 aromatic rings. The first kappa shape index (κ1) is 12.0. The van der Waals surface area contributed by atoms with Crippen molar-refractivity contribution in [3.63, 3.8) is 0 Å². The van der Waals surface area contributed by atoms with Crippen LogP contribution in [-0.2, 0) is 0 Å². The third kappa shape index (κ3) is 2.60. The molecule has 0 aliphatic carbocycles. The molecule has 0 radical (unpaired) electrons. The Balaban J connectivity index is 2.26. The summed E-state index contributed by atoms with van der Waals surface area (Å²) in [4.78, 5) is 14.3. The predicted octanol–water partition coefficient (Wildman–Crippen LogP) is 3.26. The second kappa shape index (κ2) is 4.77. The number of nitrogens with two attached hydrogens (primary N) is 1. The van der Waals surface area contributed by atoms with Gasteiger partial charge in [0.25, 0.3) is 5.91 Å². The molecule has 1 amide bonds. The van der Waals surface area contributed by atoms with Gasteiger partial charge >= 0.3 is 0 Å². The number of benzene rings is 1. The zero-order valence-corrected chi connectivity index (χ0v) is 10.8. The summed E-state index contributed by atoms with van der Waals surface area (Å²) in [6.45, 7) is 0. The molecule has 0 atom stereocenters. The number of nitrogen functional groups attached to an aromatic ring is 1. The average Bonchev–Trinajstić information content (AvgIpc) is 2.74. The number of hydrogen-bond donors (Lipinski definition) is 1. The summed E-state index contributed by atoms with van der Waals surface area (Å²) in [6, 6.07) is 10.6. The van der Waals surface area contributed by atoms with Crippen LogP contribution in [0.3, 0.4) is 0 Å². The fourth-order valence-corrected chi connectivity index (χ4v) is 2.46. The lowest BCUT2D eigenvalue weighted by molar-refractivity contribution is 0.0997. The molecule has 0 unspecified atom stereocenters. The van der Waals surface area contributed by atoms with Gasteiger partial charge in [0.05, 0.1) is 9.21 Å². The maximum absolute atomic E-state index is 12.1. The van der Waals surface area contributed by atoms with Crippen LogP contribution in [0.25, 0.3) is 0 Å². The Labute approximate surface area is 108 Å². The van der Waals surface area contributed by atoms with Crippen LogP contribution in [0.2, 0.25) is 4.34 Å². The monoisotopic (exact) mass is 266 g/mol. The molecule has 0 saturated heterocycles. The largest absolute Gasteiger partial charge is 0.399 e. The molecule has 0 fully saturated rings. The van der Waals surface area contributed by atoms with Crippen molar-refractivity contribution in [2.24, 2.45) is 0 Å². The minimum absolute atomic E-state index is 0.0903. The Morgan fingerprint density at radius 2 is 2.12 bits per heavy atom. The number of rotatable bonds is 2. The van der Waals surface area contributed by atoms with E-state index in [0.29, 0.717) is 14.9 Å². The molecule has 17 heavy (non-hydrogen) atoms. The van der Waals surface area contributed by atoms with Crippen molar-refractivity contribution in [2.45, 2.75) is 0 Å². The van der Waals surface area contributed by atoms with E-state index in [0.717, 1.165) is 5.69 Å². The van der Waals surface area contributed by atoms with E-state index >= 15 is 0 Å². The van der Waals surface area contributed by atoms with Crippen LogP contribution in [0, 0.1) is 0 Å². The third-order valence-corrected chi connectivity index (χ3v) is 3.57. The van der Waals surface area contributed by atoms with Crippen molar-refractivity contribution >= 4 is 40.2 Å². The summed E-state index contributed by atoms with van der Waals surface area (Å²) in [5.74, 6) is -0.0903. The van der Waals surface area contributed by atoms with E-state index in [1.54, 1.807) is 36.2 Å². The van der Waals surface area contributed by atoms with E-state index in [1.807, 2.05) is 12.1 Å². The van der Waals surface area contributed by atoms with Gasteiger partial charge in [0, 0.05) is 18.4 Å². The highest BCUT2D eigenvalue weighted by Crippen LogP contribution is 2.25. The average molecular weight is 267 g/mol. The highest BCUT2D eigenvalue weighted by Gasteiger charge is 2.15. The van der Waals surface area contributed by atoms with Crippen LogP contribution in [0.5, 0.6) is 0 Å². The quantitative estimate of drug-likeness (QED) is 0.848. The molecule has 0 bridgehead atoms. The standard InChI is InChI=1S/C12H11ClN2OS/c1-15(9-4-2-3-8(14)7-9)12(16)10-5-6-11(13)17-10/h2-7H,14H2,1H3. The minimum Gasteiger partial charge on any atom is -0.399 e. The van der Waals surface area contributed by atoms with Gasteiger partial charge in [-0.1, -0.05) is 17.7 Å². The zero-order chi connectivity index (χ0) is 12.4.